The number of benzene rings is 2. The van der Waals surface area contributed by atoms with Gasteiger partial charge in [0.05, 0.1) is 10.0 Å². The van der Waals surface area contributed by atoms with Gasteiger partial charge in [-0.25, -0.2) is 8.78 Å². The van der Waals surface area contributed by atoms with Crippen LogP contribution in [0.15, 0.2) is 34.8 Å². The summed E-state index contributed by atoms with van der Waals surface area (Å²) >= 11 is 3.01. The first-order valence-corrected chi connectivity index (χ1v) is 6.50. The number of nitrogen functional groups attached to an aromatic ring is 1. The molecule has 0 heterocycles. The molecule has 1 amide bonds. The van der Waals surface area contributed by atoms with Crippen molar-refractivity contribution in [2.75, 3.05) is 11.1 Å². The Labute approximate surface area is 122 Å². The zero-order valence-electron chi connectivity index (χ0n) is 10.5. The predicted octanol–water partition coefficient (Wildman–Crippen LogP) is 3.87. The number of halogens is 3. The van der Waals surface area contributed by atoms with Gasteiger partial charge in [-0.15, -0.1) is 0 Å². The van der Waals surface area contributed by atoms with Gasteiger partial charge in [-0.05, 0) is 58.7 Å². The lowest BCUT2D eigenvalue weighted by atomic mass is 10.1. The van der Waals surface area contributed by atoms with E-state index in [4.69, 9.17) is 5.73 Å². The Balaban J connectivity index is 2.30. The molecular formula is C14H11BrF2N2O. The van der Waals surface area contributed by atoms with Gasteiger partial charge in [0.15, 0.2) is 0 Å². The molecule has 3 nitrogen and oxygen atoms in total. The number of hydrogen-bond acceptors (Lipinski definition) is 2. The number of aryl methyl sites for hydroxylation is 1. The summed E-state index contributed by atoms with van der Waals surface area (Å²) in [5.41, 5.74) is 6.39. The predicted molar refractivity (Wildman–Crippen MR) is 77.6 cm³/mol. The van der Waals surface area contributed by atoms with Crippen molar-refractivity contribution in [2.24, 2.45) is 0 Å². The lowest BCUT2D eigenvalue weighted by Gasteiger charge is -2.09. The van der Waals surface area contributed by atoms with Crippen molar-refractivity contribution in [3.8, 4) is 0 Å². The van der Waals surface area contributed by atoms with E-state index < -0.39 is 17.5 Å². The molecule has 6 heteroatoms. The molecule has 0 saturated carbocycles. The van der Waals surface area contributed by atoms with Gasteiger partial charge < -0.3 is 11.1 Å². The summed E-state index contributed by atoms with van der Waals surface area (Å²) in [6.45, 7) is 1.52. The van der Waals surface area contributed by atoms with Crippen LogP contribution in [0.25, 0.3) is 0 Å². The molecule has 3 N–H and O–H groups in total. The minimum Gasteiger partial charge on any atom is -0.399 e. The van der Waals surface area contributed by atoms with Crippen molar-refractivity contribution >= 4 is 33.2 Å². The maximum absolute atomic E-state index is 13.9. The number of nitrogens with two attached hydrogens (primary N) is 1. The summed E-state index contributed by atoms with van der Waals surface area (Å²) in [5, 5.41) is 2.49. The number of anilines is 2. The summed E-state index contributed by atoms with van der Waals surface area (Å²) in [6, 6.07) is 6.68. The lowest BCUT2D eigenvalue weighted by Crippen LogP contribution is -2.15. The number of hydrogen-bond donors (Lipinski definition) is 2. The fourth-order valence-electron chi connectivity index (χ4n) is 1.74. The highest BCUT2D eigenvalue weighted by Gasteiger charge is 2.15. The second kappa shape index (κ2) is 5.58. The molecule has 0 fully saturated rings. The van der Waals surface area contributed by atoms with Crippen LogP contribution >= 0.6 is 15.9 Å². The van der Waals surface area contributed by atoms with Crippen LogP contribution in [0.5, 0.6) is 0 Å². The summed E-state index contributed by atoms with van der Waals surface area (Å²) < 4.78 is 27.2. The van der Waals surface area contributed by atoms with Gasteiger partial charge in [0, 0.05) is 11.4 Å². The largest absolute Gasteiger partial charge is 0.399 e. The molecule has 2 rings (SSSR count). The molecule has 2 aromatic carbocycles. The number of carbonyl (C=O) groups is 1. The number of rotatable bonds is 2. The second-order valence-corrected chi connectivity index (χ2v) is 5.14. The fourth-order valence-corrected chi connectivity index (χ4v) is 2.11. The molecule has 0 saturated heterocycles. The van der Waals surface area contributed by atoms with E-state index in [1.54, 1.807) is 0 Å². The summed E-state index contributed by atoms with van der Waals surface area (Å²) in [6.07, 6.45) is 0. The van der Waals surface area contributed by atoms with Gasteiger partial charge >= 0.3 is 0 Å². The van der Waals surface area contributed by atoms with Crippen LogP contribution in [0.4, 0.5) is 20.2 Å². The van der Waals surface area contributed by atoms with Crippen molar-refractivity contribution in [3.05, 3.63) is 57.6 Å². The summed E-state index contributed by atoms with van der Waals surface area (Å²) in [5.74, 6) is -1.72. The lowest BCUT2D eigenvalue weighted by molar-refractivity contribution is 0.102. The molecule has 20 heavy (non-hydrogen) atoms. The first-order chi connectivity index (χ1) is 9.38. The van der Waals surface area contributed by atoms with E-state index in [0.717, 1.165) is 0 Å². The van der Waals surface area contributed by atoms with Crippen molar-refractivity contribution in [2.45, 2.75) is 6.92 Å². The average Bonchev–Trinajstić information content (AvgIpc) is 2.38. The van der Waals surface area contributed by atoms with Crippen molar-refractivity contribution in [1.29, 1.82) is 0 Å². The van der Waals surface area contributed by atoms with Crippen LogP contribution in [0.2, 0.25) is 0 Å². The SMILES string of the molecule is Cc1cc(N)cc(C(=O)Nc2ccc(F)c(Br)c2)c1F. The van der Waals surface area contributed by atoms with Gasteiger partial charge in [-0.2, -0.15) is 0 Å². The minimum atomic E-state index is -0.642. The van der Waals surface area contributed by atoms with E-state index in [1.807, 2.05) is 0 Å². The Bertz CT molecular complexity index is 689. The van der Waals surface area contributed by atoms with Crippen LogP contribution in [0, 0.1) is 18.6 Å². The van der Waals surface area contributed by atoms with E-state index in [9.17, 15) is 13.6 Å². The Morgan fingerprint density at radius 2 is 1.95 bits per heavy atom. The van der Waals surface area contributed by atoms with Crippen LogP contribution in [-0.2, 0) is 0 Å². The maximum Gasteiger partial charge on any atom is 0.258 e. The van der Waals surface area contributed by atoms with Gasteiger partial charge in [0.1, 0.15) is 11.6 Å². The topological polar surface area (TPSA) is 55.1 Å². The Hall–Kier alpha value is -1.95. The zero-order chi connectivity index (χ0) is 14.9. The highest BCUT2D eigenvalue weighted by molar-refractivity contribution is 9.10. The molecule has 2 aromatic rings. The van der Waals surface area contributed by atoms with E-state index in [0.29, 0.717) is 11.4 Å². The Morgan fingerprint density at radius 1 is 1.25 bits per heavy atom. The monoisotopic (exact) mass is 340 g/mol. The van der Waals surface area contributed by atoms with Gasteiger partial charge in [0.2, 0.25) is 0 Å². The summed E-state index contributed by atoms with van der Waals surface area (Å²) in [7, 11) is 0. The highest BCUT2D eigenvalue weighted by atomic mass is 79.9. The van der Waals surface area contributed by atoms with Gasteiger partial charge in [-0.1, -0.05) is 0 Å². The van der Waals surface area contributed by atoms with Gasteiger partial charge in [-0.3, -0.25) is 4.79 Å². The van der Waals surface area contributed by atoms with Crippen LogP contribution < -0.4 is 11.1 Å². The summed E-state index contributed by atoms with van der Waals surface area (Å²) in [4.78, 5) is 12.0. The first kappa shape index (κ1) is 14.5. The van der Waals surface area contributed by atoms with Crippen molar-refractivity contribution in [3.63, 3.8) is 0 Å². The molecule has 0 aliphatic heterocycles. The second-order valence-electron chi connectivity index (χ2n) is 4.28. The molecule has 0 aromatic heterocycles. The Kier molecular flexibility index (Phi) is 4.04. The quantitative estimate of drug-likeness (QED) is 0.815. The van der Waals surface area contributed by atoms with E-state index in [2.05, 4.69) is 21.2 Å². The first-order valence-electron chi connectivity index (χ1n) is 5.70. The number of amides is 1. The average molecular weight is 341 g/mol. The fraction of sp³-hybridized carbons (Fsp3) is 0.0714. The molecule has 0 unspecified atom stereocenters. The Morgan fingerprint density at radius 3 is 2.60 bits per heavy atom. The third-order valence-electron chi connectivity index (χ3n) is 2.70. The third kappa shape index (κ3) is 2.96. The van der Waals surface area contributed by atoms with E-state index >= 15 is 0 Å². The van der Waals surface area contributed by atoms with Crippen molar-refractivity contribution in [1.82, 2.24) is 0 Å². The molecule has 0 aliphatic carbocycles. The molecule has 0 aliphatic rings. The molecule has 0 radical (unpaired) electrons. The highest BCUT2D eigenvalue weighted by Crippen LogP contribution is 2.22. The molecular weight excluding hydrogens is 330 g/mol. The van der Waals surface area contributed by atoms with Crippen molar-refractivity contribution < 1.29 is 13.6 Å². The smallest absolute Gasteiger partial charge is 0.258 e. The standard InChI is InChI=1S/C14H11BrF2N2O/c1-7-4-8(18)5-10(13(7)17)14(20)19-9-2-3-12(16)11(15)6-9/h2-6H,18H2,1H3,(H,19,20). The van der Waals surface area contributed by atoms with Crippen LogP contribution in [0.1, 0.15) is 15.9 Å². The molecule has 0 atom stereocenters. The third-order valence-corrected chi connectivity index (χ3v) is 3.31. The normalized spacial score (nSPS) is 10.4. The van der Waals surface area contributed by atoms with Crippen LogP contribution in [-0.4, -0.2) is 5.91 Å². The number of nitrogens with one attached hydrogen (secondary N) is 1. The zero-order valence-corrected chi connectivity index (χ0v) is 12.1. The van der Waals surface area contributed by atoms with Gasteiger partial charge in [0.25, 0.3) is 5.91 Å². The molecule has 0 spiro atoms. The number of carbonyl (C=O) groups excluding carboxylic acids is 1. The van der Waals surface area contributed by atoms with E-state index in [-0.39, 0.29) is 15.6 Å². The molecule has 0 bridgehead atoms. The molecule has 104 valence electrons. The van der Waals surface area contributed by atoms with E-state index in [1.165, 1.54) is 37.3 Å². The maximum atomic E-state index is 13.9. The van der Waals surface area contributed by atoms with Crippen LogP contribution in [0.3, 0.4) is 0 Å². The minimum absolute atomic E-state index is 0.150.